The van der Waals surface area contributed by atoms with Gasteiger partial charge < -0.3 is 21.1 Å². The van der Waals surface area contributed by atoms with Crippen molar-refractivity contribution in [2.45, 2.75) is 78.7 Å². The van der Waals surface area contributed by atoms with E-state index in [0.717, 1.165) is 79.6 Å². The normalized spacial score (nSPS) is 13.4. The Bertz CT molecular complexity index is 1060. The number of unbranched alkanes of at least 4 members (excludes halogenated alkanes) is 3. The Balaban J connectivity index is 1.49. The first-order valence-electron chi connectivity index (χ1n) is 12.8. The third kappa shape index (κ3) is 6.90. The summed E-state index contributed by atoms with van der Waals surface area (Å²) in [6.45, 7) is 10.9. The lowest BCUT2D eigenvalue weighted by Gasteiger charge is -2.29. The minimum absolute atomic E-state index is 0.111. The number of aromatic amines is 1. The zero-order chi connectivity index (χ0) is 24.7. The van der Waals surface area contributed by atoms with E-state index in [4.69, 9.17) is 10.7 Å². The maximum atomic E-state index is 9.83. The number of nitrogens with one attached hydrogen (secondary N) is 2. The zero-order valence-corrected chi connectivity index (χ0v) is 21.7. The summed E-state index contributed by atoms with van der Waals surface area (Å²) < 4.78 is 0. The van der Waals surface area contributed by atoms with Gasteiger partial charge in [-0.2, -0.15) is 0 Å². The molecule has 34 heavy (non-hydrogen) atoms. The molecule has 0 radical (unpaired) electrons. The second-order valence-electron chi connectivity index (χ2n) is 10.5. The van der Waals surface area contributed by atoms with Crippen LogP contribution in [0.1, 0.15) is 71.2 Å². The van der Waals surface area contributed by atoms with Gasteiger partial charge in [-0.25, -0.2) is 9.97 Å². The van der Waals surface area contributed by atoms with Crippen molar-refractivity contribution >= 4 is 27.8 Å². The number of aliphatic hydroxyl groups is 1. The molecule has 3 rings (SSSR count). The number of aryl methyl sites for hydroxylation is 2. The van der Waals surface area contributed by atoms with Crippen molar-refractivity contribution in [2.24, 2.45) is 5.41 Å². The van der Waals surface area contributed by atoms with Crippen molar-refractivity contribution in [2.75, 3.05) is 32.5 Å². The fraction of sp³-hybridized carbons (Fsp3) is 0.630. The lowest BCUT2D eigenvalue weighted by atomic mass is 9.87. The molecule has 0 aliphatic carbocycles. The van der Waals surface area contributed by atoms with Crippen molar-refractivity contribution in [1.29, 1.82) is 0 Å². The Morgan fingerprint density at radius 3 is 2.68 bits per heavy atom. The molecule has 0 saturated carbocycles. The molecule has 0 spiro atoms. The van der Waals surface area contributed by atoms with Crippen LogP contribution in [0.15, 0.2) is 18.2 Å². The van der Waals surface area contributed by atoms with E-state index in [2.05, 4.69) is 66.2 Å². The fourth-order valence-electron chi connectivity index (χ4n) is 4.16. The topological polar surface area (TPSA) is 103 Å². The highest BCUT2D eigenvalue weighted by Gasteiger charge is 2.23. The van der Waals surface area contributed by atoms with Crippen LogP contribution in [-0.2, 0) is 12.8 Å². The number of hydrogen-bond donors (Lipinski definition) is 4. The monoisotopic (exact) mass is 468 g/mol. The van der Waals surface area contributed by atoms with E-state index in [0.29, 0.717) is 5.82 Å². The van der Waals surface area contributed by atoms with Gasteiger partial charge in [0, 0.05) is 30.4 Å². The molecule has 5 N–H and O–H groups in total. The van der Waals surface area contributed by atoms with Crippen LogP contribution in [0.5, 0.6) is 0 Å². The standard InChI is InChI=1S/C27H44N6O/c1-6-7-12-23-31-24-21-16-20(13-14-22(21)30-26(28)25(24)32-23)11-9-8-10-15-33(5)18-29-17-27(3,4)19(2)34/h13-14,16,19,29,34H,6-12,15,17-18H2,1-5H3,(H2,28,30)(H,31,32). The third-order valence-electron chi connectivity index (χ3n) is 6.93. The number of rotatable bonds is 14. The number of pyridine rings is 1. The number of anilines is 1. The molecule has 2 heterocycles. The Hall–Kier alpha value is -2.22. The van der Waals surface area contributed by atoms with E-state index in [9.17, 15) is 5.11 Å². The predicted molar refractivity (Wildman–Crippen MR) is 143 cm³/mol. The number of aromatic nitrogens is 3. The van der Waals surface area contributed by atoms with Crippen molar-refractivity contribution in [1.82, 2.24) is 25.2 Å². The van der Waals surface area contributed by atoms with Gasteiger partial charge in [-0.05, 0) is 63.9 Å². The summed E-state index contributed by atoms with van der Waals surface area (Å²) in [4.78, 5) is 15.2. The summed E-state index contributed by atoms with van der Waals surface area (Å²) in [5, 5.41) is 14.4. The van der Waals surface area contributed by atoms with Gasteiger partial charge in [-0.15, -0.1) is 0 Å². The highest BCUT2D eigenvalue weighted by atomic mass is 16.3. The third-order valence-corrected chi connectivity index (χ3v) is 6.93. The second-order valence-corrected chi connectivity index (χ2v) is 10.5. The molecule has 7 nitrogen and oxygen atoms in total. The Kier molecular flexibility index (Phi) is 9.28. The number of hydrogen-bond acceptors (Lipinski definition) is 6. The van der Waals surface area contributed by atoms with Crippen LogP contribution in [-0.4, -0.2) is 57.9 Å². The van der Waals surface area contributed by atoms with Crippen LogP contribution in [0.3, 0.4) is 0 Å². The van der Waals surface area contributed by atoms with E-state index in [1.54, 1.807) is 0 Å². The first-order chi connectivity index (χ1) is 16.2. The van der Waals surface area contributed by atoms with E-state index >= 15 is 0 Å². The number of nitrogen functional groups attached to an aromatic ring is 1. The van der Waals surface area contributed by atoms with E-state index < -0.39 is 0 Å². The molecular weight excluding hydrogens is 424 g/mol. The van der Waals surface area contributed by atoms with E-state index in [-0.39, 0.29) is 11.5 Å². The average Bonchev–Trinajstić information content (AvgIpc) is 3.23. The van der Waals surface area contributed by atoms with Gasteiger partial charge in [-0.1, -0.05) is 39.7 Å². The molecule has 1 unspecified atom stereocenters. The number of H-pyrrole nitrogens is 1. The molecule has 0 aliphatic rings. The summed E-state index contributed by atoms with van der Waals surface area (Å²) in [5.41, 5.74) is 10.1. The molecule has 0 fully saturated rings. The Labute approximate surface area is 204 Å². The van der Waals surface area contributed by atoms with E-state index in [1.807, 2.05) is 6.92 Å². The molecule has 0 amide bonds. The quantitative estimate of drug-likeness (QED) is 0.203. The van der Waals surface area contributed by atoms with Gasteiger partial charge in [0.2, 0.25) is 0 Å². The summed E-state index contributed by atoms with van der Waals surface area (Å²) in [6, 6.07) is 6.49. The predicted octanol–water partition coefficient (Wildman–Crippen LogP) is 4.63. The van der Waals surface area contributed by atoms with E-state index in [1.165, 1.54) is 18.4 Å². The van der Waals surface area contributed by atoms with Gasteiger partial charge in [0.15, 0.2) is 0 Å². The number of nitrogens with zero attached hydrogens (tertiary/aromatic N) is 3. The highest BCUT2D eigenvalue weighted by Crippen LogP contribution is 2.28. The molecule has 1 aromatic carbocycles. The lowest BCUT2D eigenvalue weighted by Crippen LogP contribution is -2.41. The molecule has 0 aliphatic heterocycles. The fourth-order valence-corrected chi connectivity index (χ4v) is 4.16. The zero-order valence-electron chi connectivity index (χ0n) is 21.7. The minimum Gasteiger partial charge on any atom is -0.393 e. The highest BCUT2D eigenvalue weighted by molar-refractivity contribution is 6.06. The smallest absolute Gasteiger partial charge is 0.150 e. The van der Waals surface area contributed by atoms with Gasteiger partial charge >= 0.3 is 0 Å². The van der Waals surface area contributed by atoms with Gasteiger partial charge in [0.05, 0.1) is 11.6 Å². The summed E-state index contributed by atoms with van der Waals surface area (Å²) >= 11 is 0. The van der Waals surface area contributed by atoms with Crippen LogP contribution in [0.4, 0.5) is 5.82 Å². The summed E-state index contributed by atoms with van der Waals surface area (Å²) in [6.07, 6.45) is 7.46. The SMILES string of the molecule is CCCCc1nc2c([nH]1)c(N)nc1ccc(CCCCCN(C)CNCC(C)(C)C(C)O)cc12. The molecule has 0 bridgehead atoms. The van der Waals surface area contributed by atoms with Crippen molar-refractivity contribution < 1.29 is 5.11 Å². The molecular formula is C27H44N6O. The van der Waals surface area contributed by atoms with Gasteiger partial charge in [0.25, 0.3) is 0 Å². The first-order valence-corrected chi connectivity index (χ1v) is 12.8. The summed E-state index contributed by atoms with van der Waals surface area (Å²) in [7, 11) is 2.15. The van der Waals surface area contributed by atoms with Gasteiger partial charge in [-0.3, -0.25) is 4.90 Å². The lowest BCUT2D eigenvalue weighted by molar-refractivity contribution is 0.0631. The largest absolute Gasteiger partial charge is 0.393 e. The maximum Gasteiger partial charge on any atom is 0.150 e. The number of imidazole rings is 1. The molecule has 7 heteroatoms. The number of aliphatic hydroxyl groups excluding tert-OH is 1. The van der Waals surface area contributed by atoms with Crippen LogP contribution in [0.2, 0.25) is 0 Å². The van der Waals surface area contributed by atoms with Crippen LogP contribution >= 0.6 is 0 Å². The second kappa shape index (κ2) is 12.0. The Morgan fingerprint density at radius 1 is 1.15 bits per heavy atom. The summed E-state index contributed by atoms with van der Waals surface area (Å²) in [5.74, 6) is 1.52. The van der Waals surface area contributed by atoms with Crippen LogP contribution < -0.4 is 11.1 Å². The van der Waals surface area contributed by atoms with Crippen molar-refractivity contribution in [3.63, 3.8) is 0 Å². The number of benzene rings is 1. The molecule has 3 aromatic rings. The number of nitrogens with two attached hydrogens (primary N) is 1. The van der Waals surface area contributed by atoms with Crippen molar-refractivity contribution in [3.8, 4) is 0 Å². The molecule has 0 saturated heterocycles. The maximum absolute atomic E-state index is 9.83. The number of fused-ring (bicyclic) bond motifs is 3. The van der Waals surface area contributed by atoms with Crippen LogP contribution in [0.25, 0.3) is 21.9 Å². The minimum atomic E-state index is -0.319. The van der Waals surface area contributed by atoms with Crippen molar-refractivity contribution in [3.05, 3.63) is 29.6 Å². The molecule has 188 valence electrons. The Morgan fingerprint density at radius 2 is 1.94 bits per heavy atom. The average molecular weight is 469 g/mol. The molecule has 1 atom stereocenters. The van der Waals surface area contributed by atoms with Crippen LogP contribution in [0, 0.1) is 5.41 Å². The van der Waals surface area contributed by atoms with Gasteiger partial charge in [0.1, 0.15) is 22.7 Å². The molecule has 2 aromatic heterocycles. The first kappa shape index (κ1) is 26.4.